The summed E-state index contributed by atoms with van der Waals surface area (Å²) < 4.78 is 0. The van der Waals surface area contributed by atoms with E-state index in [0.29, 0.717) is 11.8 Å². The zero-order valence-corrected chi connectivity index (χ0v) is 15.7. The first-order valence-corrected chi connectivity index (χ1v) is 10.1. The minimum absolute atomic E-state index is 0.388. The van der Waals surface area contributed by atoms with Crippen LogP contribution in [0.5, 0.6) is 0 Å². The Morgan fingerprint density at radius 2 is 1.57 bits per heavy atom. The Hall–Kier alpha value is -0.570. The Morgan fingerprint density at radius 3 is 2.04 bits per heavy atom. The number of amides is 1. The van der Waals surface area contributed by atoms with E-state index in [1.165, 1.54) is 58.0 Å². The fourth-order valence-corrected chi connectivity index (χ4v) is 4.08. The molecule has 0 radical (unpaired) electrons. The van der Waals surface area contributed by atoms with E-state index in [1.54, 1.807) is 0 Å². The van der Waals surface area contributed by atoms with Crippen LogP contribution in [-0.2, 0) is 4.79 Å². The fraction of sp³-hybridized carbons (Fsp3) is 0.950. The van der Waals surface area contributed by atoms with Crippen LogP contribution in [0.1, 0.15) is 71.6 Å². The SMILES string of the molecule is CCC(C)C1CCN(C)CC1.O=C(C1CCCCC1)N1CCC1. The van der Waals surface area contributed by atoms with Gasteiger partial charge in [-0.15, -0.1) is 0 Å². The molecule has 1 unspecified atom stereocenters. The molecule has 3 fully saturated rings. The van der Waals surface area contributed by atoms with Gasteiger partial charge in [0.2, 0.25) is 5.91 Å². The van der Waals surface area contributed by atoms with Gasteiger partial charge in [-0.05, 0) is 64.1 Å². The molecule has 2 aliphatic heterocycles. The molecule has 1 saturated carbocycles. The van der Waals surface area contributed by atoms with Gasteiger partial charge in [-0.2, -0.15) is 0 Å². The molecule has 1 atom stereocenters. The molecule has 3 nitrogen and oxygen atoms in total. The lowest BCUT2D eigenvalue weighted by Crippen LogP contribution is -2.45. The van der Waals surface area contributed by atoms with E-state index in [1.807, 2.05) is 4.90 Å². The minimum atomic E-state index is 0.388. The summed E-state index contributed by atoms with van der Waals surface area (Å²) in [6.45, 7) is 9.38. The fourth-order valence-electron chi connectivity index (χ4n) is 4.08. The molecule has 0 bridgehead atoms. The van der Waals surface area contributed by atoms with Crippen molar-refractivity contribution >= 4 is 5.91 Å². The Bertz CT molecular complexity index is 340. The number of carbonyl (C=O) groups excluding carboxylic acids is 1. The molecule has 23 heavy (non-hydrogen) atoms. The lowest BCUT2D eigenvalue weighted by atomic mass is 9.84. The number of likely N-dealkylation sites (tertiary alicyclic amines) is 2. The second kappa shape index (κ2) is 9.66. The van der Waals surface area contributed by atoms with Crippen molar-refractivity contribution in [3.8, 4) is 0 Å². The number of piperidine rings is 1. The van der Waals surface area contributed by atoms with Crippen molar-refractivity contribution < 1.29 is 4.79 Å². The molecule has 3 heteroatoms. The Morgan fingerprint density at radius 1 is 0.957 bits per heavy atom. The Labute approximate surface area is 143 Å². The first-order valence-electron chi connectivity index (χ1n) is 10.1. The summed E-state index contributed by atoms with van der Waals surface area (Å²) in [4.78, 5) is 16.2. The van der Waals surface area contributed by atoms with E-state index >= 15 is 0 Å². The predicted octanol–water partition coefficient (Wildman–Crippen LogP) is 4.17. The summed E-state index contributed by atoms with van der Waals surface area (Å²) in [5.41, 5.74) is 0. The van der Waals surface area contributed by atoms with Crippen molar-refractivity contribution in [1.82, 2.24) is 9.80 Å². The summed E-state index contributed by atoms with van der Waals surface area (Å²) in [6.07, 6.45) is 11.6. The lowest BCUT2D eigenvalue weighted by molar-refractivity contribution is -0.140. The van der Waals surface area contributed by atoms with Crippen molar-refractivity contribution in [3.05, 3.63) is 0 Å². The molecule has 1 aliphatic carbocycles. The standard InChI is InChI=1S/C10H17NO.C10H21N/c12-10(11-7-4-8-11)9-5-2-1-3-6-9;1-4-9(2)10-5-7-11(3)8-6-10/h9H,1-8H2;9-10H,4-8H2,1-3H3. The molecule has 3 rings (SSSR count). The number of rotatable bonds is 3. The minimum Gasteiger partial charge on any atom is -0.342 e. The van der Waals surface area contributed by atoms with Crippen LogP contribution in [0.3, 0.4) is 0 Å². The second-order valence-corrected chi connectivity index (χ2v) is 8.04. The lowest BCUT2D eigenvalue weighted by Gasteiger charge is -2.35. The maximum Gasteiger partial charge on any atom is 0.225 e. The molecule has 0 aromatic rings. The molecule has 3 aliphatic rings. The first kappa shape index (κ1) is 18.8. The van der Waals surface area contributed by atoms with Gasteiger partial charge >= 0.3 is 0 Å². The third-order valence-corrected chi connectivity index (χ3v) is 6.33. The number of carbonyl (C=O) groups is 1. The zero-order valence-electron chi connectivity index (χ0n) is 15.7. The molecule has 0 N–H and O–H groups in total. The van der Waals surface area contributed by atoms with Gasteiger partial charge in [-0.1, -0.05) is 39.5 Å². The largest absolute Gasteiger partial charge is 0.342 e. The van der Waals surface area contributed by atoms with E-state index in [-0.39, 0.29) is 0 Å². The highest BCUT2D eigenvalue weighted by Gasteiger charge is 2.28. The summed E-state index contributed by atoms with van der Waals surface area (Å²) in [5.74, 6) is 2.79. The van der Waals surface area contributed by atoms with E-state index in [0.717, 1.165) is 37.8 Å². The van der Waals surface area contributed by atoms with Gasteiger partial charge in [0.05, 0.1) is 0 Å². The van der Waals surface area contributed by atoms with Crippen molar-refractivity contribution in [2.75, 3.05) is 33.2 Å². The molecule has 0 spiro atoms. The topological polar surface area (TPSA) is 23.6 Å². The van der Waals surface area contributed by atoms with Crippen molar-refractivity contribution in [2.24, 2.45) is 17.8 Å². The molecule has 0 aromatic heterocycles. The van der Waals surface area contributed by atoms with Crippen LogP contribution >= 0.6 is 0 Å². The summed E-state index contributed by atoms with van der Waals surface area (Å²) in [7, 11) is 2.23. The van der Waals surface area contributed by atoms with Crippen LogP contribution in [0.4, 0.5) is 0 Å². The van der Waals surface area contributed by atoms with E-state index < -0.39 is 0 Å². The van der Waals surface area contributed by atoms with Gasteiger partial charge in [0.15, 0.2) is 0 Å². The molecule has 2 heterocycles. The zero-order chi connectivity index (χ0) is 16.7. The van der Waals surface area contributed by atoms with Crippen LogP contribution in [0.15, 0.2) is 0 Å². The molecule has 2 saturated heterocycles. The number of hydrogen-bond acceptors (Lipinski definition) is 2. The molecular formula is C20H38N2O. The average Bonchev–Trinajstić information content (AvgIpc) is 2.54. The van der Waals surface area contributed by atoms with Crippen LogP contribution in [0, 0.1) is 17.8 Å². The maximum atomic E-state index is 11.7. The van der Waals surface area contributed by atoms with Gasteiger partial charge in [-0.25, -0.2) is 0 Å². The maximum absolute atomic E-state index is 11.7. The number of hydrogen-bond donors (Lipinski definition) is 0. The van der Waals surface area contributed by atoms with Crippen molar-refractivity contribution in [2.45, 2.75) is 71.6 Å². The smallest absolute Gasteiger partial charge is 0.225 e. The van der Waals surface area contributed by atoms with E-state index in [2.05, 4.69) is 25.8 Å². The van der Waals surface area contributed by atoms with Crippen molar-refractivity contribution in [3.63, 3.8) is 0 Å². The Kier molecular flexibility index (Phi) is 7.88. The third kappa shape index (κ3) is 5.77. The van der Waals surface area contributed by atoms with E-state index in [9.17, 15) is 4.79 Å². The van der Waals surface area contributed by atoms with E-state index in [4.69, 9.17) is 0 Å². The van der Waals surface area contributed by atoms with Gasteiger partial charge in [0, 0.05) is 19.0 Å². The molecule has 1 amide bonds. The van der Waals surface area contributed by atoms with Crippen LogP contribution < -0.4 is 0 Å². The molecule has 0 aromatic carbocycles. The van der Waals surface area contributed by atoms with Crippen molar-refractivity contribution in [1.29, 1.82) is 0 Å². The van der Waals surface area contributed by atoms with Gasteiger partial charge < -0.3 is 9.80 Å². The second-order valence-electron chi connectivity index (χ2n) is 8.04. The monoisotopic (exact) mass is 322 g/mol. The number of nitrogens with zero attached hydrogens (tertiary/aromatic N) is 2. The van der Waals surface area contributed by atoms with Gasteiger partial charge in [0.25, 0.3) is 0 Å². The highest BCUT2D eigenvalue weighted by molar-refractivity contribution is 5.79. The normalized spacial score (nSPS) is 25.3. The van der Waals surface area contributed by atoms with Crippen LogP contribution in [0.25, 0.3) is 0 Å². The average molecular weight is 323 g/mol. The quantitative estimate of drug-likeness (QED) is 0.778. The predicted molar refractivity (Wildman–Crippen MR) is 97.4 cm³/mol. The first-order chi connectivity index (χ1) is 11.1. The molecule has 134 valence electrons. The molecular weight excluding hydrogens is 284 g/mol. The van der Waals surface area contributed by atoms with Crippen LogP contribution in [0.2, 0.25) is 0 Å². The highest BCUT2D eigenvalue weighted by Crippen LogP contribution is 2.27. The highest BCUT2D eigenvalue weighted by atomic mass is 16.2. The summed E-state index contributed by atoms with van der Waals surface area (Å²) in [5, 5.41) is 0. The third-order valence-electron chi connectivity index (χ3n) is 6.33. The summed E-state index contributed by atoms with van der Waals surface area (Å²) in [6, 6.07) is 0. The van der Waals surface area contributed by atoms with Crippen LogP contribution in [-0.4, -0.2) is 48.9 Å². The van der Waals surface area contributed by atoms with Gasteiger partial charge in [-0.3, -0.25) is 4.79 Å². The van der Waals surface area contributed by atoms with Gasteiger partial charge in [0.1, 0.15) is 0 Å². The Balaban J connectivity index is 0.000000168. The summed E-state index contributed by atoms with van der Waals surface area (Å²) >= 11 is 0.